The van der Waals surface area contributed by atoms with Crippen molar-refractivity contribution in [1.29, 1.82) is 0 Å². The topological polar surface area (TPSA) is 50.9 Å². The summed E-state index contributed by atoms with van der Waals surface area (Å²) in [5, 5.41) is 10.8. The zero-order chi connectivity index (χ0) is 26.3. The number of pyridine rings is 1. The van der Waals surface area contributed by atoms with Gasteiger partial charge in [0, 0.05) is 23.0 Å². The third-order valence-corrected chi connectivity index (χ3v) is 6.92. The number of para-hydroxylation sites is 2. The van der Waals surface area contributed by atoms with E-state index in [1.165, 1.54) is 5.56 Å². The van der Waals surface area contributed by atoms with Crippen molar-refractivity contribution in [3.05, 3.63) is 121 Å². The van der Waals surface area contributed by atoms with Crippen LogP contribution in [0.15, 0.2) is 115 Å². The predicted octanol–water partition coefficient (Wildman–Crippen LogP) is 8.42. The number of fused-ring (bicyclic) bond motifs is 1. The average Bonchev–Trinajstić information content (AvgIpc) is 3.33. The van der Waals surface area contributed by atoms with Crippen LogP contribution in [0.25, 0.3) is 50.5 Å². The van der Waals surface area contributed by atoms with E-state index in [0.717, 1.165) is 39.1 Å². The van der Waals surface area contributed by atoms with Gasteiger partial charge in [-0.25, -0.2) is 4.98 Å². The molecule has 0 atom stereocenters. The second-order valence-electron chi connectivity index (χ2n) is 10.6. The quantitative estimate of drug-likeness (QED) is 0.267. The first-order chi connectivity index (χ1) is 18.4. The number of benzene rings is 4. The van der Waals surface area contributed by atoms with Crippen molar-refractivity contribution >= 4 is 11.0 Å². The van der Waals surface area contributed by atoms with Crippen LogP contribution in [-0.4, -0.2) is 19.6 Å². The van der Waals surface area contributed by atoms with Crippen molar-refractivity contribution in [3.8, 4) is 45.2 Å². The maximum absolute atomic E-state index is 10.8. The molecule has 0 aliphatic heterocycles. The van der Waals surface area contributed by atoms with E-state index in [1.54, 1.807) is 6.07 Å². The smallest absolute Gasteiger partial charge is 0.149 e. The molecule has 2 aromatic heterocycles. The van der Waals surface area contributed by atoms with Crippen LogP contribution < -0.4 is 0 Å². The molecule has 0 fully saturated rings. The number of phenols is 1. The molecule has 2 heterocycles. The molecule has 0 aliphatic carbocycles. The predicted molar refractivity (Wildman–Crippen MR) is 156 cm³/mol. The second-order valence-corrected chi connectivity index (χ2v) is 10.6. The fourth-order valence-electron chi connectivity index (χ4n) is 4.89. The second kappa shape index (κ2) is 9.31. The maximum atomic E-state index is 10.8. The third kappa shape index (κ3) is 4.24. The summed E-state index contributed by atoms with van der Waals surface area (Å²) in [6.07, 6.45) is 1.82. The van der Waals surface area contributed by atoms with Gasteiger partial charge in [-0.3, -0.25) is 9.55 Å². The number of aromatic hydroxyl groups is 1. The molecule has 0 unspecified atom stereocenters. The van der Waals surface area contributed by atoms with Crippen molar-refractivity contribution in [1.82, 2.24) is 14.5 Å². The van der Waals surface area contributed by atoms with Crippen LogP contribution in [0.5, 0.6) is 5.75 Å². The number of phenolic OH excluding ortho intramolecular Hbond substituents is 1. The molecule has 186 valence electrons. The fourth-order valence-corrected chi connectivity index (χ4v) is 4.89. The summed E-state index contributed by atoms with van der Waals surface area (Å²) in [7, 11) is 0. The van der Waals surface area contributed by atoms with Crippen LogP contribution >= 0.6 is 0 Å². The molecule has 0 saturated carbocycles. The lowest BCUT2D eigenvalue weighted by molar-refractivity contribution is 0.477. The Morgan fingerprint density at radius 2 is 1.42 bits per heavy atom. The first kappa shape index (κ1) is 23.7. The van der Waals surface area contributed by atoms with Gasteiger partial charge in [-0.05, 0) is 71.1 Å². The average molecular weight is 496 g/mol. The van der Waals surface area contributed by atoms with Crippen molar-refractivity contribution in [2.45, 2.75) is 26.2 Å². The number of hydrogen-bond acceptors (Lipinski definition) is 3. The van der Waals surface area contributed by atoms with Gasteiger partial charge in [0.05, 0.1) is 22.3 Å². The van der Waals surface area contributed by atoms with Crippen molar-refractivity contribution in [3.63, 3.8) is 0 Å². The Balaban J connectivity index is 1.70. The summed E-state index contributed by atoms with van der Waals surface area (Å²) < 4.78 is 2.16. The summed E-state index contributed by atoms with van der Waals surface area (Å²) in [6, 6.07) is 36.6. The number of hydrogen-bond donors (Lipinski definition) is 1. The van der Waals surface area contributed by atoms with Crippen LogP contribution in [0.2, 0.25) is 0 Å². The standard InChI is InChI=1S/C34H29N3O/c1-34(2,3)25-21-28(23-12-11-13-24(20-23)29-17-9-10-19-35-29)32-30(22-25)37(26-14-5-4-6-15-26)33(36-32)27-16-7-8-18-31(27)38/h4-22,38H,1-3H3. The van der Waals surface area contributed by atoms with Gasteiger partial charge in [0.2, 0.25) is 0 Å². The Bertz CT molecular complexity index is 1750. The normalized spacial score (nSPS) is 11.7. The Morgan fingerprint density at radius 3 is 2.16 bits per heavy atom. The van der Waals surface area contributed by atoms with Crippen LogP contribution in [0, 0.1) is 0 Å². The highest BCUT2D eigenvalue weighted by Gasteiger charge is 2.23. The fraction of sp³-hybridized carbons (Fsp3) is 0.118. The zero-order valence-electron chi connectivity index (χ0n) is 21.8. The van der Waals surface area contributed by atoms with E-state index in [9.17, 15) is 5.11 Å². The lowest BCUT2D eigenvalue weighted by atomic mass is 9.84. The minimum atomic E-state index is -0.0810. The van der Waals surface area contributed by atoms with Gasteiger partial charge in [-0.1, -0.05) is 75.4 Å². The van der Waals surface area contributed by atoms with Crippen molar-refractivity contribution < 1.29 is 5.11 Å². The third-order valence-electron chi connectivity index (χ3n) is 6.92. The van der Waals surface area contributed by atoms with E-state index >= 15 is 0 Å². The Kier molecular flexibility index (Phi) is 5.80. The van der Waals surface area contributed by atoms with E-state index in [2.05, 4.69) is 78.9 Å². The summed E-state index contributed by atoms with van der Waals surface area (Å²) in [5.41, 5.74) is 8.82. The van der Waals surface area contributed by atoms with E-state index in [-0.39, 0.29) is 11.2 Å². The summed E-state index contributed by atoms with van der Waals surface area (Å²) >= 11 is 0. The Hall–Kier alpha value is -4.70. The molecule has 6 rings (SSSR count). The molecule has 38 heavy (non-hydrogen) atoms. The van der Waals surface area contributed by atoms with Gasteiger partial charge >= 0.3 is 0 Å². The highest BCUT2D eigenvalue weighted by molar-refractivity contribution is 5.97. The molecule has 4 nitrogen and oxygen atoms in total. The maximum Gasteiger partial charge on any atom is 0.149 e. The highest BCUT2D eigenvalue weighted by Crippen LogP contribution is 2.40. The van der Waals surface area contributed by atoms with E-state index < -0.39 is 0 Å². The first-order valence-electron chi connectivity index (χ1n) is 12.8. The molecular weight excluding hydrogens is 466 g/mol. The SMILES string of the molecule is CC(C)(C)c1cc(-c2cccc(-c3ccccn3)c2)c2nc(-c3ccccc3O)n(-c3ccccc3)c2c1. The first-order valence-corrected chi connectivity index (χ1v) is 12.8. The molecule has 0 bridgehead atoms. The summed E-state index contributed by atoms with van der Waals surface area (Å²) in [6.45, 7) is 6.69. The molecule has 0 radical (unpaired) electrons. The van der Waals surface area contributed by atoms with Gasteiger partial charge < -0.3 is 5.11 Å². The van der Waals surface area contributed by atoms with Crippen LogP contribution in [-0.2, 0) is 5.41 Å². The lowest BCUT2D eigenvalue weighted by Gasteiger charge is -2.21. The van der Waals surface area contributed by atoms with Gasteiger partial charge in [0.25, 0.3) is 0 Å². The molecule has 4 heteroatoms. The van der Waals surface area contributed by atoms with Crippen LogP contribution in [0.4, 0.5) is 0 Å². The minimum Gasteiger partial charge on any atom is -0.507 e. The van der Waals surface area contributed by atoms with Gasteiger partial charge in [-0.2, -0.15) is 0 Å². The van der Waals surface area contributed by atoms with E-state index in [4.69, 9.17) is 4.98 Å². The zero-order valence-corrected chi connectivity index (χ0v) is 21.8. The van der Waals surface area contributed by atoms with Gasteiger partial charge in [0.15, 0.2) is 0 Å². The molecule has 6 aromatic rings. The molecule has 0 spiro atoms. The summed E-state index contributed by atoms with van der Waals surface area (Å²) in [4.78, 5) is 9.77. The molecular formula is C34H29N3O. The Labute approximate surface area is 222 Å². The van der Waals surface area contributed by atoms with Crippen molar-refractivity contribution in [2.24, 2.45) is 0 Å². The number of rotatable bonds is 4. The van der Waals surface area contributed by atoms with Crippen LogP contribution in [0.1, 0.15) is 26.3 Å². The molecule has 0 amide bonds. The van der Waals surface area contributed by atoms with Gasteiger partial charge in [0.1, 0.15) is 11.6 Å². The largest absolute Gasteiger partial charge is 0.507 e. The molecule has 1 N–H and O–H groups in total. The number of nitrogens with zero attached hydrogens (tertiary/aromatic N) is 3. The van der Waals surface area contributed by atoms with E-state index in [0.29, 0.717) is 11.4 Å². The van der Waals surface area contributed by atoms with Crippen LogP contribution in [0.3, 0.4) is 0 Å². The molecule has 0 saturated heterocycles. The highest BCUT2D eigenvalue weighted by atomic mass is 16.3. The van der Waals surface area contributed by atoms with E-state index in [1.807, 2.05) is 60.8 Å². The monoisotopic (exact) mass is 495 g/mol. The number of aromatic nitrogens is 3. The molecule has 0 aliphatic rings. The molecule has 4 aromatic carbocycles. The van der Waals surface area contributed by atoms with Crippen molar-refractivity contribution in [2.75, 3.05) is 0 Å². The summed E-state index contributed by atoms with van der Waals surface area (Å²) in [5.74, 6) is 0.909. The van der Waals surface area contributed by atoms with Gasteiger partial charge in [-0.15, -0.1) is 0 Å². The minimum absolute atomic E-state index is 0.0810. The number of imidazole rings is 1. The Morgan fingerprint density at radius 1 is 0.684 bits per heavy atom. The lowest BCUT2D eigenvalue weighted by Crippen LogP contribution is -2.11.